The number of hydrogen-bond donors (Lipinski definition) is 2. The molecule has 1 atom stereocenters. The fraction of sp³-hybridized carbons (Fsp3) is 0.929. The topological polar surface area (TPSA) is 62.7 Å². The van der Waals surface area contributed by atoms with Gasteiger partial charge in [-0.15, -0.1) is 0 Å². The van der Waals surface area contributed by atoms with E-state index in [-0.39, 0.29) is 4.75 Å². The van der Waals surface area contributed by atoms with Crippen LogP contribution in [0.25, 0.3) is 0 Å². The summed E-state index contributed by atoms with van der Waals surface area (Å²) >= 11 is 0. The van der Waals surface area contributed by atoms with E-state index >= 15 is 0 Å². The summed E-state index contributed by atoms with van der Waals surface area (Å²) in [7, 11) is -0.833. The first kappa shape index (κ1) is 19.4. The molecule has 0 bridgehead atoms. The Morgan fingerprint density at radius 2 is 1.95 bits per heavy atom. The van der Waals surface area contributed by atoms with Crippen molar-refractivity contribution in [3.05, 3.63) is 0 Å². The zero-order chi connectivity index (χ0) is 15.4. The predicted octanol–water partition coefficient (Wildman–Crippen LogP) is 1.52. The monoisotopic (exact) mass is 305 g/mol. The molecule has 0 aromatic carbocycles. The van der Waals surface area contributed by atoms with E-state index in [0.29, 0.717) is 12.3 Å². The van der Waals surface area contributed by atoms with Crippen molar-refractivity contribution in [2.45, 2.75) is 45.8 Å². The quantitative estimate of drug-likeness (QED) is 0.385. The Labute approximate surface area is 126 Å². The number of hydrogen-bond acceptors (Lipinski definition) is 3. The van der Waals surface area contributed by atoms with Crippen LogP contribution in [0.4, 0.5) is 0 Å². The summed E-state index contributed by atoms with van der Waals surface area (Å²) in [6, 6.07) is 0. The van der Waals surface area contributed by atoms with Crippen molar-refractivity contribution in [3.63, 3.8) is 0 Å². The summed E-state index contributed by atoms with van der Waals surface area (Å²) in [5, 5.41) is 6.40. The van der Waals surface area contributed by atoms with Crippen molar-refractivity contribution >= 4 is 16.8 Å². The van der Waals surface area contributed by atoms with E-state index in [1.54, 1.807) is 0 Å². The van der Waals surface area contributed by atoms with E-state index in [1.165, 1.54) is 0 Å². The van der Waals surface area contributed by atoms with Gasteiger partial charge in [0, 0.05) is 54.1 Å². The lowest BCUT2D eigenvalue weighted by Crippen LogP contribution is -2.40. The molecule has 0 aromatic rings. The van der Waals surface area contributed by atoms with Gasteiger partial charge in [-0.3, -0.25) is 9.20 Å². The van der Waals surface area contributed by atoms with Crippen LogP contribution in [0.1, 0.15) is 41.0 Å². The molecule has 0 spiro atoms. The second-order valence-electron chi connectivity index (χ2n) is 5.40. The third-order valence-corrected chi connectivity index (χ3v) is 4.47. The SMILES string of the molecule is CCNC(=NCCCOCC)NCCS(=O)C(C)(C)C. The molecular formula is C14H31N3O2S. The van der Waals surface area contributed by atoms with E-state index in [4.69, 9.17) is 4.74 Å². The van der Waals surface area contributed by atoms with Gasteiger partial charge in [0.25, 0.3) is 0 Å². The lowest BCUT2D eigenvalue weighted by Gasteiger charge is -2.18. The van der Waals surface area contributed by atoms with Gasteiger partial charge < -0.3 is 15.4 Å². The fourth-order valence-corrected chi connectivity index (χ4v) is 2.31. The predicted molar refractivity (Wildman–Crippen MR) is 87.9 cm³/mol. The molecule has 0 aliphatic heterocycles. The smallest absolute Gasteiger partial charge is 0.191 e. The Hall–Kier alpha value is -0.620. The highest BCUT2D eigenvalue weighted by atomic mass is 32.2. The lowest BCUT2D eigenvalue weighted by molar-refractivity contribution is 0.146. The van der Waals surface area contributed by atoms with E-state index < -0.39 is 10.8 Å². The van der Waals surface area contributed by atoms with Crippen LogP contribution in [0.5, 0.6) is 0 Å². The van der Waals surface area contributed by atoms with Crippen molar-refractivity contribution in [3.8, 4) is 0 Å². The number of rotatable bonds is 9. The highest BCUT2D eigenvalue weighted by Gasteiger charge is 2.18. The van der Waals surface area contributed by atoms with Gasteiger partial charge in [0.15, 0.2) is 5.96 Å². The van der Waals surface area contributed by atoms with Crippen molar-refractivity contribution < 1.29 is 8.95 Å². The third kappa shape index (κ3) is 10.2. The number of guanidine groups is 1. The van der Waals surface area contributed by atoms with Crippen LogP contribution in [0.2, 0.25) is 0 Å². The van der Waals surface area contributed by atoms with Gasteiger partial charge in [-0.25, -0.2) is 0 Å². The Kier molecular flexibility index (Phi) is 10.7. The summed E-state index contributed by atoms with van der Waals surface area (Å²) in [5.74, 6) is 1.42. The highest BCUT2D eigenvalue weighted by Crippen LogP contribution is 2.10. The first-order valence-electron chi connectivity index (χ1n) is 7.40. The fourth-order valence-electron chi connectivity index (χ4n) is 1.41. The highest BCUT2D eigenvalue weighted by molar-refractivity contribution is 7.86. The number of ether oxygens (including phenoxy) is 1. The largest absolute Gasteiger partial charge is 0.382 e. The van der Waals surface area contributed by atoms with Crippen molar-refractivity contribution in [1.29, 1.82) is 0 Å². The zero-order valence-corrected chi connectivity index (χ0v) is 14.4. The molecule has 2 N–H and O–H groups in total. The Balaban J connectivity index is 4.01. The molecule has 5 nitrogen and oxygen atoms in total. The molecule has 0 aliphatic carbocycles. The molecule has 0 aliphatic rings. The van der Waals surface area contributed by atoms with Gasteiger partial charge in [0.05, 0.1) is 0 Å². The van der Waals surface area contributed by atoms with E-state index in [9.17, 15) is 4.21 Å². The molecule has 0 saturated heterocycles. The van der Waals surface area contributed by atoms with Crippen LogP contribution >= 0.6 is 0 Å². The molecule has 0 heterocycles. The average molecular weight is 305 g/mol. The van der Waals surface area contributed by atoms with E-state index in [0.717, 1.165) is 38.7 Å². The van der Waals surface area contributed by atoms with Gasteiger partial charge in [0.2, 0.25) is 0 Å². The van der Waals surface area contributed by atoms with Crippen molar-refractivity contribution in [2.75, 3.05) is 38.6 Å². The first-order chi connectivity index (χ1) is 9.41. The molecule has 6 heteroatoms. The molecule has 20 heavy (non-hydrogen) atoms. The molecule has 0 aromatic heterocycles. The van der Waals surface area contributed by atoms with Crippen LogP contribution in [-0.4, -0.2) is 53.5 Å². The van der Waals surface area contributed by atoms with Gasteiger partial charge >= 0.3 is 0 Å². The molecule has 0 rings (SSSR count). The van der Waals surface area contributed by atoms with Gasteiger partial charge in [-0.05, 0) is 41.0 Å². The van der Waals surface area contributed by atoms with Crippen LogP contribution in [0.15, 0.2) is 4.99 Å². The minimum absolute atomic E-state index is 0.158. The van der Waals surface area contributed by atoms with Crippen LogP contribution < -0.4 is 10.6 Å². The van der Waals surface area contributed by atoms with Gasteiger partial charge in [-0.2, -0.15) is 0 Å². The summed E-state index contributed by atoms with van der Waals surface area (Å²) in [6.07, 6.45) is 0.915. The molecule has 0 saturated carbocycles. The maximum Gasteiger partial charge on any atom is 0.191 e. The van der Waals surface area contributed by atoms with Crippen LogP contribution in [-0.2, 0) is 15.5 Å². The molecule has 0 radical (unpaired) electrons. The minimum atomic E-state index is -0.833. The minimum Gasteiger partial charge on any atom is -0.382 e. The van der Waals surface area contributed by atoms with E-state index in [1.807, 2.05) is 34.6 Å². The summed E-state index contributed by atoms with van der Waals surface area (Å²) in [4.78, 5) is 4.46. The summed E-state index contributed by atoms with van der Waals surface area (Å²) < 4.78 is 17.0. The van der Waals surface area contributed by atoms with Crippen LogP contribution in [0, 0.1) is 0 Å². The molecule has 120 valence electrons. The molecule has 1 unspecified atom stereocenters. The maximum absolute atomic E-state index is 11.9. The Bertz CT molecular complexity index is 301. The maximum atomic E-state index is 11.9. The van der Waals surface area contributed by atoms with Crippen molar-refractivity contribution in [1.82, 2.24) is 10.6 Å². The number of nitrogens with one attached hydrogen (secondary N) is 2. The summed E-state index contributed by atoms with van der Waals surface area (Å²) in [5.41, 5.74) is 0. The van der Waals surface area contributed by atoms with Crippen molar-refractivity contribution in [2.24, 2.45) is 4.99 Å². The number of nitrogens with zero attached hydrogens (tertiary/aromatic N) is 1. The standard InChI is InChI=1S/C14H31N3O2S/c1-6-15-13(16-9-8-11-19-7-2)17-10-12-20(18)14(3,4)5/h6-12H2,1-5H3,(H2,15,16,17). The first-order valence-corrected chi connectivity index (χ1v) is 8.72. The second kappa shape index (κ2) is 11.1. The molecule has 0 amide bonds. The zero-order valence-electron chi connectivity index (χ0n) is 13.6. The molecular weight excluding hydrogens is 274 g/mol. The summed E-state index contributed by atoms with van der Waals surface area (Å²) in [6.45, 7) is 13.7. The van der Waals surface area contributed by atoms with Crippen LogP contribution in [0.3, 0.4) is 0 Å². The van der Waals surface area contributed by atoms with E-state index in [2.05, 4.69) is 15.6 Å². The Morgan fingerprint density at radius 1 is 1.25 bits per heavy atom. The average Bonchev–Trinajstić information content (AvgIpc) is 2.37. The lowest BCUT2D eigenvalue weighted by atomic mass is 10.3. The van der Waals surface area contributed by atoms with Gasteiger partial charge in [-0.1, -0.05) is 0 Å². The Morgan fingerprint density at radius 3 is 2.50 bits per heavy atom. The second-order valence-corrected chi connectivity index (χ2v) is 7.72. The molecule has 0 fully saturated rings. The third-order valence-electron chi connectivity index (χ3n) is 2.53. The van der Waals surface area contributed by atoms with Gasteiger partial charge in [0.1, 0.15) is 0 Å². The number of aliphatic imine (C=N–C) groups is 1. The normalized spacial score (nSPS) is 14.2.